The third-order valence-electron chi connectivity index (χ3n) is 2.67. The third-order valence-corrected chi connectivity index (χ3v) is 2.67. The van der Waals surface area contributed by atoms with Gasteiger partial charge in [0.1, 0.15) is 5.69 Å². The van der Waals surface area contributed by atoms with Crippen LogP contribution >= 0.6 is 0 Å². The summed E-state index contributed by atoms with van der Waals surface area (Å²) in [7, 11) is 3.93. The zero-order valence-corrected chi connectivity index (χ0v) is 11.7. The number of nitro benzene ring substituents is 1. The van der Waals surface area contributed by atoms with E-state index in [1.165, 1.54) is 12.1 Å². The number of nitrogens with zero attached hydrogens (tertiary/aromatic N) is 2. The van der Waals surface area contributed by atoms with Gasteiger partial charge in [-0.05, 0) is 31.6 Å². The Hall–Kier alpha value is -1.69. The van der Waals surface area contributed by atoms with Gasteiger partial charge in [-0.3, -0.25) is 10.1 Å². The van der Waals surface area contributed by atoms with Crippen LogP contribution in [0.2, 0.25) is 0 Å². The first-order valence-electron chi connectivity index (χ1n) is 6.04. The molecular weight excluding hydrogens is 249 g/mol. The van der Waals surface area contributed by atoms with Crippen LogP contribution in [0.1, 0.15) is 13.8 Å². The van der Waals surface area contributed by atoms with E-state index in [0.717, 1.165) is 12.6 Å². The largest absolute Gasteiger partial charge is 0.379 e. The first kappa shape index (κ1) is 15.4. The van der Waals surface area contributed by atoms with Crippen molar-refractivity contribution < 1.29 is 9.31 Å². The van der Waals surface area contributed by atoms with Crippen LogP contribution in [-0.4, -0.2) is 37.0 Å². The van der Waals surface area contributed by atoms with Crippen LogP contribution in [-0.2, 0) is 0 Å². The van der Waals surface area contributed by atoms with Gasteiger partial charge >= 0.3 is 5.69 Å². The standard InChI is InChI=1S/C13H20FN3O2/c1-13(2,9-16(3)4)8-15-11-7-5-6-10(14)12(11)17(18)19/h5-7,15H,8-9H2,1-4H3. The molecule has 0 spiro atoms. The van der Waals surface area contributed by atoms with Crippen molar-refractivity contribution in [2.45, 2.75) is 13.8 Å². The second kappa shape index (κ2) is 5.97. The summed E-state index contributed by atoms with van der Waals surface area (Å²) in [5.41, 5.74) is -0.357. The van der Waals surface area contributed by atoms with Gasteiger partial charge in [0, 0.05) is 13.1 Å². The van der Waals surface area contributed by atoms with Gasteiger partial charge in [0.15, 0.2) is 0 Å². The molecule has 0 saturated carbocycles. The quantitative estimate of drug-likeness (QED) is 0.637. The Labute approximate surface area is 112 Å². The average molecular weight is 269 g/mol. The Morgan fingerprint density at radius 1 is 1.42 bits per heavy atom. The summed E-state index contributed by atoms with van der Waals surface area (Å²) in [4.78, 5) is 12.2. The molecule has 0 aliphatic heterocycles. The number of nitro groups is 1. The van der Waals surface area contributed by atoms with Gasteiger partial charge in [-0.2, -0.15) is 4.39 Å². The van der Waals surface area contributed by atoms with Crippen LogP contribution < -0.4 is 5.32 Å². The fraction of sp³-hybridized carbons (Fsp3) is 0.538. The first-order valence-corrected chi connectivity index (χ1v) is 6.04. The first-order chi connectivity index (χ1) is 8.73. The number of halogens is 1. The minimum Gasteiger partial charge on any atom is -0.379 e. The lowest BCUT2D eigenvalue weighted by molar-refractivity contribution is -0.386. The smallest absolute Gasteiger partial charge is 0.327 e. The van der Waals surface area contributed by atoms with Gasteiger partial charge in [-0.1, -0.05) is 19.9 Å². The van der Waals surface area contributed by atoms with Crippen molar-refractivity contribution in [1.29, 1.82) is 0 Å². The molecule has 5 nitrogen and oxygen atoms in total. The van der Waals surface area contributed by atoms with E-state index in [9.17, 15) is 14.5 Å². The molecular formula is C13H20FN3O2. The molecule has 0 saturated heterocycles. The molecule has 6 heteroatoms. The molecule has 1 N–H and O–H groups in total. The van der Waals surface area contributed by atoms with Crippen molar-refractivity contribution in [3.8, 4) is 0 Å². The molecule has 0 amide bonds. The molecule has 106 valence electrons. The molecule has 0 heterocycles. The van der Waals surface area contributed by atoms with Crippen molar-refractivity contribution in [3.63, 3.8) is 0 Å². The van der Waals surface area contributed by atoms with E-state index < -0.39 is 16.4 Å². The number of nitrogens with one attached hydrogen (secondary N) is 1. The Bertz CT molecular complexity index is 461. The van der Waals surface area contributed by atoms with Crippen LogP contribution in [0.25, 0.3) is 0 Å². The van der Waals surface area contributed by atoms with Gasteiger partial charge < -0.3 is 10.2 Å². The fourth-order valence-electron chi connectivity index (χ4n) is 2.09. The Balaban J connectivity index is 2.84. The molecule has 1 aromatic rings. The van der Waals surface area contributed by atoms with Crippen molar-refractivity contribution in [2.75, 3.05) is 32.5 Å². The lowest BCUT2D eigenvalue weighted by atomic mass is 9.93. The number of hydrogen-bond donors (Lipinski definition) is 1. The maximum atomic E-state index is 13.4. The monoisotopic (exact) mass is 269 g/mol. The highest BCUT2D eigenvalue weighted by atomic mass is 19.1. The van der Waals surface area contributed by atoms with Crippen molar-refractivity contribution >= 4 is 11.4 Å². The van der Waals surface area contributed by atoms with E-state index in [1.54, 1.807) is 0 Å². The highest BCUT2D eigenvalue weighted by Crippen LogP contribution is 2.28. The SMILES string of the molecule is CN(C)CC(C)(C)CNc1cccc(F)c1[N+](=O)[O-]. The number of hydrogen-bond acceptors (Lipinski definition) is 4. The van der Waals surface area contributed by atoms with Gasteiger partial charge in [0.05, 0.1) is 4.92 Å². The summed E-state index contributed by atoms with van der Waals surface area (Å²) in [5, 5.41) is 13.8. The maximum absolute atomic E-state index is 13.4. The van der Waals surface area contributed by atoms with Gasteiger partial charge in [-0.15, -0.1) is 0 Å². The molecule has 0 atom stereocenters. The molecule has 0 aromatic heterocycles. The number of benzene rings is 1. The highest BCUT2D eigenvalue weighted by Gasteiger charge is 2.23. The van der Waals surface area contributed by atoms with Crippen molar-refractivity contribution in [2.24, 2.45) is 5.41 Å². The van der Waals surface area contributed by atoms with Gasteiger partial charge in [0.25, 0.3) is 0 Å². The molecule has 0 unspecified atom stereocenters. The molecule has 0 aliphatic rings. The predicted molar refractivity (Wildman–Crippen MR) is 73.9 cm³/mol. The topological polar surface area (TPSA) is 58.4 Å². The summed E-state index contributed by atoms with van der Waals surface area (Å²) < 4.78 is 13.4. The lowest BCUT2D eigenvalue weighted by Gasteiger charge is -2.28. The highest BCUT2D eigenvalue weighted by molar-refractivity contribution is 5.62. The molecule has 19 heavy (non-hydrogen) atoms. The van der Waals surface area contributed by atoms with Crippen molar-refractivity contribution in [1.82, 2.24) is 4.90 Å². The average Bonchev–Trinajstić information content (AvgIpc) is 2.24. The maximum Gasteiger partial charge on any atom is 0.327 e. The number of anilines is 1. The Morgan fingerprint density at radius 3 is 2.58 bits per heavy atom. The van der Waals surface area contributed by atoms with E-state index in [1.807, 2.05) is 32.8 Å². The second-order valence-electron chi connectivity index (χ2n) is 5.65. The summed E-state index contributed by atoms with van der Waals surface area (Å²) in [6.45, 7) is 5.44. The fourth-order valence-corrected chi connectivity index (χ4v) is 2.09. The summed E-state index contributed by atoms with van der Waals surface area (Å²) in [6.07, 6.45) is 0. The van der Waals surface area contributed by atoms with Crippen LogP contribution in [0.5, 0.6) is 0 Å². The molecule has 0 bridgehead atoms. The minimum atomic E-state index is -0.819. The van der Waals surface area contributed by atoms with E-state index in [-0.39, 0.29) is 11.1 Å². The zero-order valence-electron chi connectivity index (χ0n) is 11.7. The van der Waals surface area contributed by atoms with Crippen molar-refractivity contribution in [3.05, 3.63) is 34.1 Å². The predicted octanol–water partition coefficient (Wildman–Crippen LogP) is 2.73. The normalized spacial score (nSPS) is 11.7. The molecule has 0 fully saturated rings. The van der Waals surface area contributed by atoms with Crippen LogP contribution in [0, 0.1) is 21.3 Å². The van der Waals surface area contributed by atoms with Gasteiger partial charge in [0.2, 0.25) is 5.82 Å². The zero-order chi connectivity index (χ0) is 14.6. The molecule has 1 rings (SSSR count). The van der Waals surface area contributed by atoms with Crippen LogP contribution in [0.3, 0.4) is 0 Å². The third kappa shape index (κ3) is 4.48. The summed E-state index contributed by atoms with van der Waals surface area (Å²) in [6, 6.07) is 4.07. The van der Waals surface area contributed by atoms with Crippen LogP contribution in [0.15, 0.2) is 18.2 Å². The number of rotatable bonds is 6. The summed E-state index contributed by atoms with van der Waals surface area (Å²) in [5.74, 6) is -0.819. The Kier molecular flexibility index (Phi) is 4.83. The summed E-state index contributed by atoms with van der Waals surface area (Å²) >= 11 is 0. The van der Waals surface area contributed by atoms with E-state index in [2.05, 4.69) is 5.32 Å². The lowest BCUT2D eigenvalue weighted by Crippen LogP contribution is -2.34. The van der Waals surface area contributed by atoms with Gasteiger partial charge in [-0.25, -0.2) is 0 Å². The molecule has 1 aromatic carbocycles. The minimum absolute atomic E-state index is 0.0797. The number of para-hydroxylation sites is 1. The molecule has 0 radical (unpaired) electrons. The molecule has 0 aliphatic carbocycles. The van der Waals surface area contributed by atoms with E-state index in [0.29, 0.717) is 6.54 Å². The Morgan fingerprint density at radius 2 is 2.05 bits per heavy atom. The second-order valence-corrected chi connectivity index (χ2v) is 5.65. The van der Waals surface area contributed by atoms with E-state index in [4.69, 9.17) is 0 Å². The van der Waals surface area contributed by atoms with E-state index >= 15 is 0 Å². The van der Waals surface area contributed by atoms with Crippen LogP contribution in [0.4, 0.5) is 15.8 Å².